The molecule has 0 aromatic carbocycles. The van der Waals surface area contributed by atoms with Crippen molar-refractivity contribution in [2.75, 3.05) is 0 Å². The summed E-state index contributed by atoms with van der Waals surface area (Å²) in [6, 6.07) is 0.467. The first-order chi connectivity index (χ1) is 8.41. The van der Waals surface area contributed by atoms with Gasteiger partial charge in [0, 0.05) is 10.9 Å². The molecule has 1 rings (SSSR count). The summed E-state index contributed by atoms with van der Waals surface area (Å²) < 4.78 is 0.576. The van der Waals surface area contributed by atoms with E-state index >= 15 is 0 Å². The minimum absolute atomic E-state index is 0.153. The molecule has 0 aliphatic heterocycles. The molecule has 0 radical (unpaired) electrons. The van der Waals surface area contributed by atoms with Gasteiger partial charge >= 0.3 is 11.9 Å². The monoisotopic (exact) mass is 335 g/mol. The number of halogens is 1. The molecule has 3 N–H and O–H groups in total. The predicted octanol–water partition coefficient (Wildman–Crippen LogP) is 1.56. The Morgan fingerprint density at radius 3 is 2.50 bits per heavy atom. The van der Waals surface area contributed by atoms with Crippen LogP contribution in [-0.4, -0.2) is 34.1 Å². The summed E-state index contributed by atoms with van der Waals surface area (Å²) in [5.41, 5.74) is 0. The van der Waals surface area contributed by atoms with E-state index in [0.29, 0.717) is 9.35 Å². The Hall–Kier alpha value is -1.41. The van der Waals surface area contributed by atoms with Crippen LogP contribution in [0.5, 0.6) is 0 Å². The van der Waals surface area contributed by atoms with E-state index in [1.54, 1.807) is 11.4 Å². The number of carboxylic acid groups (broad SMARTS) is 2. The van der Waals surface area contributed by atoms with Crippen molar-refractivity contribution in [2.24, 2.45) is 0 Å². The highest BCUT2D eigenvalue weighted by Crippen LogP contribution is 2.22. The lowest BCUT2D eigenvalue weighted by Gasteiger charge is -2.12. The number of hydrogen-bond acceptors (Lipinski definition) is 4. The molecule has 1 heterocycles. The Labute approximate surface area is 115 Å². The van der Waals surface area contributed by atoms with Crippen molar-refractivity contribution >= 4 is 45.1 Å². The van der Waals surface area contributed by atoms with Gasteiger partial charge in [0.1, 0.15) is 10.9 Å². The zero-order chi connectivity index (χ0) is 13.7. The van der Waals surface area contributed by atoms with Crippen molar-refractivity contribution in [3.8, 4) is 0 Å². The molecule has 0 fully saturated rings. The van der Waals surface area contributed by atoms with E-state index in [1.807, 2.05) is 0 Å². The molecular weight excluding hydrogens is 326 g/mol. The second-order valence-corrected chi connectivity index (χ2v) is 5.16. The van der Waals surface area contributed by atoms with Gasteiger partial charge in [-0.05, 0) is 33.8 Å². The van der Waals surface area contributed by atoms with Crippen LogP contribution in [0.2, 0.25) is 0 Å². The molecule has 98 valence electrons. The molecule has 0 unspecified atom stereocenters. The number of amides is 1. The summed E-state index contributed by atoms with van der Waals surface area (Å²) in [7, 11) is 0. The van der Waals surface area contributed by atoms with Gasteiger partial charge in [0.15, 0.2) is 0 Å². The highest BCUT2D eigenvalue weighted by molar-refractivity contribution is 9.10. The van der Waals surface area contributed by atoms with Crippen LogP contribution in [-0.2, 0) is 9.59 Å². The van der Waals surface area contributed by atoms with E-state index in [1.165, 1.54) is 11.3 Å². The van der Waals surface area contributed by atoms with E-state index in [2.05, 4.69) is 21.2 Å². The second-order valence-electron chi connectivity index (χ2n) is 3.39. The molecule has 0 spiro atoms. The third-order valence-corrected chi connectivity index (χ3v) is 3.91. The van der Waals surface area contributed by atoms with Gasteiger partial charge in [0.25, 0.3) is 5.91 Å². The van der Waals surface area contributed by atoms with E-state index in [4.69, 9.17) is 10.2 Å². The fourth-order valence-corrected chi connectivity index (χ4v) is 2.66. The average molecular weight is 336 g/mol. The molecule has 1 aromatic heterocycles. The highest BCUT2D eigenvalue weighted by Gasteiger charge is 2.22. The third-order valence-electron chi connectivity index (χ3n) is 2.07. The lowest BCUT2D eigenvalue weighted by Crippen LogP contribution is -2.40. The zero-order valence-electron chi connectivity index (χ0n) is 9.05. The zero-order valence-corrected chi connectivity index (χ0v) is 11.5. The largest absolute Gasteiger partial charge is 0.481 e. The lowest BCUT2D eigenvalue weighted by atomic mass is 10.1. The fraction of sp³-hybridized carbons (Fsp3) is 0.300. The maximum atomic E-state index is 11.7. The molecule has 0 saturated carbocycles. The summed E-state index contributed by atoms with van der Waals surface area (Å²) in [5, 5.41) is 21.4. The summed E-state index contributed by atoms with van der Waals surface area (Å²) in [4.78, 5) is 33.4. The topological polar surface area (TPSA) is 104 Å². The minimum Gasteiger partial charge on any atom is -0.481 e. The van der Waals surface area contributed by atoms with Crippen LogP contribution in [0.15, 0.2) is 15.9 Å². The molecule has 0 bridgehead atoms. The lowest BCUT2D eigenvalue weighted by molar-refractivity contribution is -0.140. The maximum Gasteiger partial charge on any atom is 0.326 e. The minimum atomic E-state index is -1.25. The molecule has 0 aliphatic carbocycles. The molecule has 0 aliphatic rings. The molecule has 1 atom stereocenters. The maximum absolute atomic E-state index is 11.7. The number of thiophene rings is 1. The first-order valence-electron chi connectivity index (χ1n) is 4.90. The van der Waals surface area contributed by atoms with Crippen LogP contribution in [0.4, 0.5) is 0 Å². The van der Waals surface area contributed by atoms with E-state index in [9.17, 15) is 14.4 Å². The molecular formula is C10H10BrNO5S. The van der Waals surface area contributed by atoms with Gasteiger partial charge in [0.2, 0.25) is 0 Å². The van der Waals surface area contributed by atoms with Crippen molar-refractivity contribution in [1.82, 2.24) is 5.32 Å². The van der Waals surface area contributed by atoms with Gasteiger partial charge in [-0.3, -0.25) is 9.59 Å². The first kappa shape index (κ1) is 14.7. The predicted molar refractivity (Wildman–Crippen MR) is 67.8 cm³/mol. The Balaban J connectivity index is 2.67. The summed E-state index contributed by atoms with van der Waals surface area (Å²) in [6.07, 6.45) is -0.470. The van der Waals surface area contributed by atoms with Gasteiger partial charge in [0.05, 0.1) is 0 Å². The van der Waals surface area contributed by atoms with Gasteiger partial charge in [-0.15, -0.1) is 11.3 Å². The average Bonchev–Trinajstić information content (AvgIpc) is 2.69. The van der Waals surface area contributed by atoms with Crippen LogP contribution in [0, 0.1) is 0 Å². The van der Waals surface area contributed by atoms with Crippen LogP contribution < -0.4 is 5.32 Å². The summed E-state index contributed by atoms with van der Waals surface area (Å²) >= 11 is 4.33. The number of carbonyl (C=O) groups is 3. The number of carboxylic acids is 2. The molecule has 1 aromatic rings. The number of nitrogens with one attached hydrogen (secondary N) is 1. The van der Waals surface area contributed by atoms with Crippen molar-refractivity contribution in [2.45, 2.75) is 18.9 Å². The van der Waals surface area contributed by atoms with Gasteiger partial charge in [-0.1, -0.05) is 0 Å². The molecule has 18 heavy (non-hydrogen) atoms. The normalized spacial score (nSPS) is 11.8. The quantitative estimate of drug-likeness (QED) is 0.731. The summed E-state index contributed by atoms with van der Waals surface area (Å²) in [6.45, 7) is 0. The first-order valence-corrected chi connectivity index (χ1v) is 6.57. The van der Waals surface area contributed by atoms with Crippen LogP contribution in [0.3, 0.4) is 0 Å². The Bertz CT molecular complexity index is 473. The number of rotatable bonds is 6. The third kappa shape index (κ3) is 4.11. The van der Waals surface area contributed by atoms with Crippen molar-refractivity contribution in [3.63, 3.8) is 0 Å². The van der Waals surface area contributed by atoms with Crippen LogP contribution >= 0.6 is 27.3 Å². The van der Waals surface area contributed by atoms with E-state index < -0.39 is 23.9 Å². The number of aliphatic carboxylic acids is 2. The van der Waals surface area contributed by atoms with Crippen molar-refractivity contribution in [1.29, 1.82) is 0 Å². The van der Waals surface area contributed by atoms with Crippen molar-refractivity contribution in [3.05, 3.63) is 20.8 Å². The van der Waals surface area contributed by atoms with Crippen LogP contribution in [0.25, 0.3) is 0 Å². The Kier molecular flexibility index (Phi) is 5.29. The highest BCUT2D eigenvalue weighted by atomic mass is 79.9. The Morgan fingerprint density at radius 1 is 1.39 bits per heavy atom. The number of hydrogen-bond donors (Lipinski definition) is 3. The molecule has 1 amide bonds. The van der Waals surface area contributed by atoms with Gasteiger partial charge < -0.3 is 15.5 Å². The molecule has 6 nitrogen and oxygen atoms in total. The summed E-state index contributed by atoms with van der Waals surface area (Å²) in [5.74, 6) is -2.89. The standard InChI is InChI=1S/C10H10BrNO5S/c11-5-3-4-18-8(5)9(15)12-6(10(16)17)1-2-7(13)14/h3-4,6H,1-2H2,(H,12,15)(H,13,14)(H,16,17)/t6-/m1/s1. The molecule has 8 heteroatoms. The van der Waals surface area contributed by atoms with E-state index in [-0.39, 0.29) is 12.8 Å². The van der Waals surface area contributed by atoms with Crippen LogP contribution in [0.1, 0.15) is 22.5 Å². The SMILES string of the molecule is O=C(O)CC[C@@H](NC(=O)c1sccc1Br)C(=O)O. The van der Waals surface area contributed by atoms with Gasteiger partial charge in [-0.2, -0.15) is 0 Å². The molecule has 0 saturated heterocycles. The smallest absolute Gasteiger partial charge is 0.326 e. The fourth-order valence-electron chi connectivity index (χ4n) is 1.20. The van der Waals surface area contributed by atoms with E-state index in [0.717, 1.165) is 0 Å². The van der Waals surface area contributed by atoms with Gasteiger partial charge in [-0.25, -0.2) is 4.79 Å². The second kappa shape index (κ2) is 6.50. The Morgan fingerprint density at radius 2 is 2.06 bits per heavy atom. The number of carbonyl (C=O) groups excluding carboxylic acids is 1. The van der Waals surface area contributed by atoms with Crippen molar-refractivity contribution < 1.29 is 24.6 Å².